The Balaban J connectivity index is 1.88. The Labute approximate surface area is 125 Å². The Morgan fingerprint density at radius 1 is 1.24 bits per heavy atom. The van der Waals surface area contributed by atoms with Gasteiger partial charge in [-0.25, -0.2) is 9.86 Å². The van der Waals surface area contributed by atoms with E-state index in [0.717, 1.165) is 15.5 Å². The molecule has 0 aromatic heterocycles. The van der Waals surface area contributed by atoms with Gasteiger partial charge in [0.15, 0.2) is 0 Å². The molecule has 108 valence electrons. The van der Waals surface area contributed by atoms with Crippen LogP contribution in [0.3, 0.4) is 0 Å². The van der Waals surface area contributed by atoms with Crippen molar-refractivity contribution in [3.63, 3.8) is 0 Å². The number of benzene rings is 2. The summed E-state index contributed by atoms with van der Waals surface area (Å²) in [6.07, 6.45) is 0. The van der Waals surface area contributed by atoms with E-state index in [4.69, 9.17) is 0 Å². The minimum atomic E-state index is -0.394. The number of thioether (sulfide) groups is 1. The molecule has 0 bridgehead atoms. The molecule has 0 amide bonds. The lowest BCUT2D eigenvalue weighted by Crippen LogP contribution is -2.18. The molecule has 1 aliphatic rings. The number of fused-ring (bicyclic) bond motifs is 1. The summed E-state index contributed by atoms with van der Waals surface area (Å²) in [7, 11) is 1.33. The fraction of sp³-hybridized carbons (Fsp3) is 0.133. The quantitative estimate of drug-likeness (QED) is 0.830. The van der Waals surface area contributed by atoms with Crippen LogP contribution in [0.2, 0.25) is 0 Å². The molecule has 0 radical (unpaired) electrons. The second-order valence-electron chi connectivity index (χ2n) is 4.58. The van der Waals surface area contributed by atoms with E-state index >= 15 is 0 Å². The van der Waals surface area contributed by atoms with E-state index in [1.165, 1.54) is 24.9 Å². The van der Waals surface area contributed by atoms with Crippen LogP contribution in [0.4, 0.5) is 5.69 Å². The van der Waals surface area contributed by atoms with Gasteiger partial charge in [-0.2, -0.15) is 0 Å². The molecule has 5 nitrogen and oxygen atoms in total. The van der Waals surface area contributed by atoms with Gasteiger partial charge in [-0.15, -0.1) is 0 Å². The Hall–Kier alpha value is -2.18. The number of ether oxygens (including phenoxy) is 1. The number of methoxy groups -OCH3 is 1. The highest BCUT2D eigenvalue weighted by Crippen LogP contribution is 2.51. The maximum absolute atomic E-state index is 11.4. The molecule has 2 aromatic rings. The first-order chi connectivity index (χ1) is 10.1. The summed E-state index contributed by atoms with van der Waals surface area (Å²) in [4.78, 5) is 12.3. The zero-order valence-corrected chi connectivity index (χ0v) is 12.0. The average Bonchev–Trinajstić information content (AvgIpc) is 2.83. The Morgan fingerprint density at radius 2 is 1.95 bits per heavy atom. The van der Waals surface area contributed by atoms with E-state index in [0.29, 0.717) is 11.3 Å². The third kappa shape index (κ3) is 2.43. The average molecular weight is 303 g/mol. The van der Waals surface area contributed by atoms with Crippen molar-refractivity contribution in [2.75, 3.05) is 12.2 Å². The van der Waals surface area contributed by atoms with Gasteiger partial charge >= 0.3 is 5.97 Å². The number of anilines is 1. The lowest BCUT2D eigenvalue weighted by Gasteiger charge is -2.19. The molecule has 2 N–H and O–H groups in total. The van der Waals surface area contributed by atoms with Gasteiger partial charge in [-0.1, -0.05) is 23.9 Å². The van der Waals surface area contributed by atoms with Crippen LogP contribution in [-0.4, -0.2) is 23.4 Å². The third-order valence-electron chi connectivity index (χ3n) is 3.27. The zero-order chi connectivity index (χ0) is 15.0. The highest BCUT2D eigenvalue weighted by Gasteiger charge is 2.31. The maximum atomic E-state index is 11.4. The van der Waals surface area contributed by atoms with E-state index in [9.17, 15) is 15.1 Å². The first-order valence-electron chi connectivity index (χ1n) is 6.26. The number of rotatable bonds is 2. The number of hydrogen-bond donors (Lipinski definition) is 2. The van der Waals surface area contributed by atoms with Crippen molar-refractivity contribution in [3.05, 3.63) is 53.6 Å². The summed E-state index contributed by atoms with van der Waals surface area (Å²) in [5.74, 6) is -0.287. The highest BCUT2D eigenvalue weighted by molar-refractivity contribution is 8.00. The van der Waals surface area contributed by atoms with Gasteiger partial charge in [-0.3, -0.25) is 5.21 Å². The van der Waals surface area contributed by atoms with Gasteiger partial charge in [0.1, 0.15) is 11.1 Å². The smallest absolute Gasteiger partial charge is 0.337 e. The summed E-state index contributed by atoms with van der Waals surface area (Å²) in [5, 5.41) is 20.6. The SMILES string of the molecule is COC(=O)c1ccc(C2Sc3ccc(O)cc3N2O)cc1. The Kier molecular flexibility index (Phi) is 3.48. The highest BCUT2D eigenvalue weighted by atomic mass is 32.2. The number of carbonyl (C=O) groups excluding carboxylic acids is 1. The van der Waals surface area contributed by atoms with Crippen LogP contribution in [0.5, 0.6) is 5.75 Å². The van der Waals surface area contributed by atoms with Crippen LogP contribution >= 0.6 is 11.8 Å². The molecule has 3 rings (SSSR count). The Morgan fingerprint density at radius 3 is 2.62 bits per heavy atom. The molecule has 21 heavy (non-hydrogen) atoms. The van der Waals surface area contributed by atoms with E-state index in [1.54, 1.807) is 36.4 Å². The van der Waals surface area contributed by atoms with Crippen molar-refractivity contribution in [2.24, 2.45) is 0 Å². The van der Waals surface area contributed by atoms with Crippen molar-refractivity contribution in [2.45, 2.75) is 10.3 Å². The number of aromatic hydroxyl groups is 1. The molecule has 1 atom stereocenters. The van der Waals surface area contributed by atoms with Gasteiger partial charge in [0.25, 0.3) is 0 Å². The summed E-state index contributed by atoms with van der Waals surface area (Å²) < 4.78 is 4.65. The lowest BCUT2D eigenvalue weighted by atomic mass is 10.1. The molecule has 1 heterocycles. The molecule has 1 unspecified atom stereocenters. The van der Waals surface area contributed by atoms with Crippen molar-refractivity contribution >= 4 is 23.4 Å². The summed E-state index contributed by atoms with van der Waals surface area (Å²) in [5.41, 5.74) is 1.89. The second-order valence-corrected chi connectivity index (χ2v) is 5.70. The number of carbonyl (C=O) groups is 1. The molecule has 0 saturated carbocycles. The van der Waals surface area contributed by atoms with Gasteiger partial charge in [0.2, 0.25) is 0 Å². The number of esters is 1. The minimum absolute atomic E-state index is 0.107. The molecular formula is C15H13NO4S. The van der Waals surface area contributed by atoms with Gasteiger partial charge < -0.3 is 9.84 Å². The number of hydrogen-bond acceptors (Lipinski definition) is 6. The fourth-order valence-corrected chi connectivity index (χ4v) is 3.36. The number of phenolic OH excluding ortho intramolecular Hbond substituents is 1. The zero-order valence-electron chi connectivity index (χ0n) is 11.2. The van der Waals surface area contributed by atoms with Crippen LogP contribution < -0.4 is 5.06 Å². The molecule has 6 heteroatoms. The predicted octanol–water partition coefficient (Wildman–Crippen LogP) is 3.18. The summed E-state index contributed by atoms with van der Waals surface area (Å²) in [6, 6.07) is 11.7. The van der Waals surface area contributed by atoms with E-state index in [2.05, 4.69) is 4.74 Å². The van der Waals surface area contributed by atoms with Gasteiger partial charge in [0, 0.05) is 11.0 Å². The third-order valence-corrected chi connectivity index (χ3v) is 4.56. The largest absolute Gasteiger partial charge is 0.508 e. The Bertz CT molecular complexity index is 687. The monoisotopic (exact) mass is 303 g/mol. The normalized spacial score (nSPS) is 16.7. The number of hydroxylamine groups is 1. The van der Waals surface area contributed by atoms with Crippen LogP contribution in [0.1, 0.15) is 21.3 Å². The van der Waals surface area contributed by atoms with Crippen molar-refractivity contribution in [1.29, 1.82) is 0 Å². The topological polar surface area (TPSA) is 70.0 Å². The first kappa shape index (κ1) is 13.8. The molecule has 0 spiro atoms. The summed E-state index contributed by atoms with van der Waals surface area (Å²) in [6.45, 7) is 0. The van der Waals surface area contributed by atoms with Crippen LogP contribution in [0.25, 0.3) is 0 Å². The lowest BCUT2D eigenvalue weighted by molar-refractivity contribution is 0.0600. The summed E-state index contributed by atoms with van der Waals surface area (Å²) >= 11 is 1.47. The van der Waals surface area contributed by atoms with E-state index in [1.807, 2.05) is 0 Å². The second kappa shape index (κ2) is 5.31. The molecule has 0 fully saturated rings. The van der Waals surface area contributed by atoms with Crippen molar-refractivity contribution in [3.8, 4) is 5.75 Å². The standard InChI is InChI=1S/C15H13NO4S/c1-20-15(18)10-4-2-9(3-5-10)14-16(19)12-8-11(17)6-7-13(12)21-14/h2-8,14,17,19H,1H3. The van der Waals surface area contributed by atoms with E-state index < -0.39 is 5.97 Å². The number of phenols is 1. The van der Waals surface area contributed by atoms with Crippen LogP contribution in [0, 0.1) is 0 Å². The molecule has 0 aliphatic carbocycles. The fourth-order valence-electron chi connectivity index (χ4n) is 2.19. The van der Waals surface area contributed by atoms with Crippen molar-refractivity contribution < 1.29 is 19.8 Å². The first-order valence-corrected chi connectivity index (χ1v) is 7.14. The minimum Gasteiger partial charge on any atom is -0.508 e. The van der Waals surface area contributed by atoms with Crippen molar-refractivity contribution in [1.82, 2.24) is 0 Å². The van der Waals surface area contributed by atoms with E-state index in [-0.39, 0.29) is 11.1 Å². The van der Waals surface area contributed by atoms with Gasteiger partial charge in [0.05, 0.1) is 18.4 Å². The molecule has 1 aliphatic heterocycles. The maximum Gasteiger partial charge on any atom is 0.337 e. The molecular weight excluding hydrogens is 290 g/mol. The predicted molar refractivity (Wildman–Crippen MR) is 78.8 cm³/mol. The van der Waals surface area contributed by atoms with Gasteiger partial charge in [-0.05, 0) is 29.8 Å². The molecule has 2 aromatic carbocycles. The molecule has 0 saturated heterocycles. The van der Waals surface area contributed by atoms with Crippen LogP contribution in [0.15, 0.2) is 47.4 Å². The van der Waals surface area contributed by atoms with Crippen LogP contribution in [-0.2, 0) is 4.74 Å². The number of nitrogens with zero attached hydrogens (tertiary/aromatic N) is 1.